The number of nitrogens with one attached hydrogen (secondary N) is 1. The summed E-state index contributed by atoms with van der Waals surface area (Å²) in [4.78, 5) is 44.5. The minimum absolute atomic E-state index is 0.0293. The van der Waals surface area contributed by atoms with Gasteiger partial charge in [-0.05, 0) is 31.4 Å². The maximum Gasteiger partial charge on any atom is 0.250 e. The highest BCUT2D eigenvalue weighted by molar-refractivity contribution is 5.96. The van der Waals surface area contributed by atoms with Gasteiger partial charge in [0.2, 0.25) is 11.8 Å². The Morgan fingerprint density at radius 1 is 1.12 bits per heavy atom. The molecule has 1 N–H and O–H groups in total. The van der Waals surface area contributed by atoms with Crippen molar-refractivity contribution in [2.45, 2.75) is 45.6 Å². The Balaban J connectivity index is 1.75. The van der Waals surface area contributed by atoms with Crippen LogP contribution >= 0.6 is 0 Å². The number of benzene rings is 1. The second kappa shape index (κ2) is 9.90. The van der Waals surface area contributed by atoms with E-state index in [1.807, 2.05) is 56.0 Å². The van der Waals surface area contributed by atoms with Gasteiger partial charge in [0.25, 0.3) is 5.91 Å². The van der Waals surface area contributed by atoms with Crippen LogP contribution in [0.3, 0.4) is 0 Å². The Kier molecular flexibility index (Phi) is 7.44. The number of hydrogen-bond donors (Lipinski definition) is 1. The van der Waals surface area contributed by atoms with Crippen molar-refractivity contribution in [3.05, 3.63) is 30.3 Å². The third kappa shape index (κ3) is 5.06. The summed E-state index contributed by atoms with van der Waals surface area (Å²) in [5.74, 6) is -0.0903. The van der Waals surface area contributed by atoms with E-state index in [4.69, 9.17) is 4.74 Å². The van der Waals surface area contributed by atoms with E-state index in [9.17, 15) is 14.4 Å². The van der Waals surface area contributed by atoms with Crippen molar-refractivity contribution < 1.29 is 19.1 Å². The Labute approximate surface area is 190 Å². The van der Waals surface area contributed by atoms with Gasteiger partial charge in [0.05, 0.1) is 6.67 Å². The highest BCUT2D eigenvalue weighted by Gasteiger charge is 2.54. The largest absolute Gasteiger partial charge is 0.385 e. The van der Waals surface area contributed by atoms with Crippen molar-refractivity contribution in [3.8, 4) is 0 Å². The highest BCUT2D eigenvalue weighted by Crippen LogP contribution is 2.40. The van der Waals surface area contributed by atoms with Crippen LogP contribution in [-0.4, -0.2) is 79.6 Å². The topological polar surface area (TPSA) is 82.2 Å². The first kappa shape index (κ1) is 24.0. The lowest BCUT2D eigenvalue weighted by Gasteiger charge is -2.44. The number of hydrogen-bond acceptors (Lipinski definition) is 5. The lowest BCUT2D eigenvalue weighted by molar-refractivity contribution is -0.144. The third-order valence-electron chi connectivity index (χ3n) is 6.28. The second-order valence-corrected chi connectivity index (χ2v) is 9.68. The lowest BCUT2D eigenvalue weighted by Crippen LogP contribution is -2.58. The second-order valence-electron chi connectivity index (χ2n) is 9.68. The monoisotopic (exact) mass is 444 g/mol. The zero-order chi connectivity index (χ0) is 23.4. The Hall–Kier alpha value is -2.61. The molecule has 0 radical (unpaired) electrons. The van der Waals surface area contributed by atoms with Gasteiger partial charge in [-0.15, -0.1) is 0 Å². The van der Waals surface area contributed by atoms with E-state index in [-0.39, 0.29) is 24.3 Å². The number of likely N-dealkylation sites (tertiary alicyclic amines) is 1. The maximum absolute atomic E-state index is 13.6. The van der Waals surface area contributed by atoms with E-state index in [0.717, 1.165) is 12.1 Å². The normalized spacial score (nSPS) is 18.4. The minimum Gasteiger partial charge on any atom is -0.385 e. The molecule has 8 nitrogen and oxygen atoms in total. The molecule has 1 aromatic carbocycles. The Morgan fingerprint density at radius 2 is 1.78 bits per heavy atom. The number of carbonyl (C=O) groups excluding carboxylic acids is 3. The van der Waals surface area contributed by atoms with Gasteiger partial charge in [0.15, 0.2) is 0 Å². The van der Waals surface area contributed by atoms with Crippen LogP contribution in [-0.2, 0) is 19.1 Å². The number of piperidine rings is 1. The van der Waals surface area contributed by atoms with Crippen molar-refractivity contribution in [1.29, 1.82) is 0 Å². The molecule has 0 saturated carbocycles. The predicted molar refractivity (Wildman–Crippen MR) is 123 cm³/mol. The summed E-state index contributed by atoms with van der Waals surface area (Å²) in [7, 11) is 1.63. The van der Waals surface area contributed by atoms with Crippen LogP contribution in [0, 0.1) is 5.41 Å². The van der Waals surface area contributed by atoms with E-state index < -0.39 is 11.0 Å². The molecular weight excluding hydrogens is 408 g/mol. The summed E-state index contributed by atoms with van der Waals surface area (Å²) in [6.07, 6.45) is 1.83. The molecule has 0 atom stereocenters. The molecule has 32 heavy (non-hydrogen) atoms. The number of anilines is 1. The highest BCUT2D eigenvalue weighted by atomic mass is 16.5. The first-order chi connectivity index (χ1) is 15.2. The van der Waals surface area contributed by atoms with Crippen molar-refractivity contribution in [3.63, 3.8) is 0 Å². The fraction of sp³-hybridized carbons (Fsp3) is 0.625. The molecule has 8 heteroatoms. The molecule has 0 aromatic heterocycles. The fourth-order valence-electron chi connectivity index (χ4n) is 4.55. The minimum atomic E-state index is -0.730. The summed E-state index contributed by atoms with van der Waals surface area (Å²) in [6.45, 7) is 8.31. The quantitative estimate of drug-likeness (QED) is 0.649. The predicted octanol–water partition coefficient (Wildman–Crippen LogP) is 1.85. The summed E-state index contributed by atoms with van der Waals surface area (Å²) >= 11 is 0. The molecule has 176 valence electrons. The van der Waals surface area contributed by atoms with Gasteiger partial charge in [0, 0.05) is 44.5 Å². The molecule has 2 heterocycles. The number of carbonyl (C=O) groups is 3. The van der Waals surface area contributed by atoms with E-state index >= 15 is 0 Å². The first-order valence-electron chi connectivity index (χ1n) is 11.4. The summed E-state index contributed by atoms with van der Waals surface area (Å²) in [5.41, 5.74) is -0.220. The zero-order valence-corrected chi connectivity index (χ0v) is 19.7. The third-order valence-corrected chi connectivity index (χ3v) is 6.28. The van der Waals surface area contributed by atoms with Crippen molar-refractivity contribution in [1.82, 2.24) is 15.1 Å². The van der Waals surface area contributed by atoms with Gasteiger partial charge in [-0.2, -0.15) is 0 Å². The average molecular weight is 445 g/mol. The van der Waals surface area contributed by atoms with Crippen LogP contribution in [0.2, 0.25) is 0 Å². The summed E-state index contributed by atoms with van der Waals surface area (Å²) in [6, 6.07) is 9.85. The smallest absolute Gasteiger partial charge is 0.250 e. The van der Waals surface area contributed by atoms with E-state index in [1.165, 1.54) is 0 Å². The molecule has 2 aliphatic rings. The molecule has 2 fully saturated rings. The van der Waals surface area contributed by atoms with E-state index in [1.54, 1.807) is 12.0 Å². The van der Waals surface area contributed by atoms with Crippen molar-refractivity contribution >= 4 is 23.4 Å². The Bertz CT molecular complexity index is 813. The molecule has 1 aromatic rings. The number of amides is 3. The standard InChI is InChI=1S/C24H36N4O4/c1-23(2,3)21(30)26-14-11-24(12-15-26)22(31)27(17-20(29)25-13-8-16-32-4)18-28(24)19-9-6-5-7-10-19/h5-7,9-10H,8,11-18H2,1-4H3,(H,25,29). The van der Waals surface area contributed by atoms with Crippen LogP contribution < -0.4 is 10.2 Å². The maximum atomic E-state index is 13.6. The Morgan fingerprint density at radius 3 is 2.38 bits per heavy atom. The molecule has 0 bridgehead atoms. The van der Waals surface area contributed by atoms with Gasteiger partial charge in [0.1, 0.15) is 12.1 Å². The van der Waals surface area contributed by atoms with Gasteiger partial charge >= 0.3 is 0 Å². The first-order valence-corrected chi connectivity index (χ1v) is 11.4. The van der Waals surface area contributed by atoms with Crippen molar-refractivity contribution in [2.75, 3.05) is 51.5 Å². The number of para-hydroxylation sites is 1. The van der Waals surface area contributed by atoms with Crippen LogP contribution in [0.1, 0.15) is 40.0 Å². The van der Waals surface area contributed by atoms with Crippen LogP contribution in [0.25, 0.3) is 0 Å². The lowest BCUT2D eigenvalue weighted by atomic mass is 9.84. The van der Waals surface area contributed by atoms with E-state index in [2.05, 4.69) is 10.2 Å². The van der Waals surface area contributed by atoms with Gasteiger partial charge in [-0.1, -0.05) is 39.0 Å². The fourth-order valence-corrected chi connectivity index (χ4v) is 4.55. The number of rotatable bonds is 7. The van der Waals surface area contributed by atoms with Crippen LogP contribution in [0.4, 0.5) is 5.69 Å². The number of methoxy groups -OCH3 is 1. The molecular formula is C24H36N4O4. The summed E-state index contributed by atoms with van der Waals surface area (Å²) < 4.78 is 5.01. The molecule has 3 amide bonds. The van der Waals surface area contributed by atoms with Gasteiger partial charge in [-0.3, -0.25) is 14.4 Å². The molecule has 3 rings (SSSR count). The average Bonchev–Trinajstić information content (AvgIpc) is 3.03. The van der Waals surface area contributed by atoms with Gasteiger partial charge in [-0.25, -0.2) is 0 Å². The molecule has 0 unspecified atom stereocenters. The number of ether oxygens (including phenoxy) is 1. The van der Waals surface area contributed by atoms with E-state index in [0.29, 0.717) is 45.8 Å². The molecule has 2 aliphatic heterocycles. The molecule has 2 saturated heterocycles. The molecule has 1 spiro atoms. The number of nitrogens with zero attached hydrogens (tertiary/aromatic N) is 3. The van der Waals surface area contributed by atoms with Crippen LogP contribution in [0.5, 0.6) is 0 Å². The zero-order valence-electron chi connectivity index (χ0n) is 19.7. The van der Waals surface area contributed by atoms with Crippen molar-refractivity contribution in [2.24, 2.45) is 5.41 Å². The van der Waals surface area contributed by atoms with Gasteiger partial charge < -0.3 is 24.8 Å². The summed E-state index contributed by atoms with van der Waals surface area (Å²) in [5, 5.41) is 2.87. The molecule has 0 aliphatic carbocycles. The van der Waals surface area contributed by atoms with Crippen LogP contribution in [0.15, 0.2) is 30.3 Å². The SMILES string of the molecule is COCCCNC(=O)CN1CN(c2ccccc2)C2(CCN(C(=O)C(C)(C)C)CC2)C1=O.